The van der Waals surface area contributed by atoms with Crippen LogP contribution in [0.3, 0.4) is 0 Å². The molecular formula is C41H30BrN3. The SMILES string of the molecule is Brc1cccc(N(c2ccc(-c3ccccc3)cc2)C2C=CC(c3ccc4c(c3)c3cccnc3n4-c3ccccc3)=CC2)c1. The van der Waals surface area contributed by atoms with Gasteiger partial charge in [0.15, 0.2) is 0 Å². The van der Waals surface area contributed by atoms with Gasteiger partial charge in [-0.15, -0.1) is 0 Å². The standard InChI is InChI=1S/C41H30BrN3/c42-33-11-7-14-37(28-33)44(35-21-16-30(17-22-35)29-9-3-1-4-10-29)36-23-18-31(19-24-36)32-20-25-40-39(27-32)38-15-8-26-43-41(38)45(40)34-12-5-2-6-13-34/h1-23,25-28,36H,24H2. The van der Waals surface area contributed by atoms with Crippen molar-refractivity contribution in [2.75, 3.05) is 4.90 Å². The number of benzene rings is 5. The fourth-order valence-corrected chi connectivity index (χ4v) is 6.87. The third-order valence-corrected chi connectivity index (χ3v) is 9.11. The van der Waals surface area contributed by atoms with Gasteiger partial charge in [-0.05, 0) is 95.4 Å². The predicted octanol–water partition coefficient (Wildman–Crippen LogP) is 11.2. The van der Waals surface area contributed by atoms with Gasteiger partial charge in [-0.1, -0.05) is 107 Å². The summed E-state index contributed by atoms with van der Waals surface area (Å²) < 4.78 is 3.33. The lowest BCUT2D eigenvalue weighted by molar-refractivity contribution is 0.787. The number of nitrogens with zero attached hydrogens (tertiary/aromatic N) is 3. The first-order chi connectivity index (χ1) is 22.2. The van der Waals surface area contributed by atoms with Gasteiger partial charge >= 0.3 is 0 Å². The van der Waals surface area contributed by atoms with Gasteiger partial charge in [0.25, 0.3) is 0 Å². The number of para-hydroxylation sites is 1. The van der Waals surface area contributed by atoms with Gasteiger partial charge < -0.3 is 4.90 Å². The summed E-state index contributed by atoms with van der Waals surface area (Å²) in [6.07, 6.45) is 9.78. The van der Waals surface area contributed by atoms with Gasteiger partial charge in [0.2, 0.25) is 0 Å². The first-order valence-corrected chi connectivity index (χ1v) is 16.1. The minimum absolute atomic E-state index is 0.179. The van der Waals surface area contributed by atoms with Crippen molar-refractivity contribution in [2.24, 2.45) is 0 Å². The van der Waals surface area contributed by atoms with E-state index in [2.05, 4.69) is 177 Å². The van der Waals surface area contributed by atoms with Crippen LogP contribution >= 0.6 is 15.9 Å². The Morgan fingerprint density at radius 3 is 2.16 bits per heavy atom. The summed E-state index contributed by atoms with van der Waals surface area (Å²) >= 11 is 3.70. The van der Waals surface area contributed by atoms with Gasteiger partial charge in [-0.3, -0.25) is 4.57 Å². The third kappa shape index (κ3) is 5.17. The van der Waals surface area contributed by atoms with Crippen LogP contribution in [0.25, 0.3) is 44.3 Å². The van der Waals surface area contributed by atoms with Crippen LogP contribution in [0.2, 0.25) is 0 Å². The number of pyridine rings is 1. The average molecular weight is 645 g/mol. The van der Waals surface area contributed by atoms with Crippen LogP contribution in [0.5, 0.6) is 0 Å². The Kier molecular flexibility index (Phi) is 7.13. The van der Waals surface area contributed by atoms with Crippen molar-refractivity contribution in [1.82, 2.24) is 9.55 Å². The smallest absolute Gasteiger partial charge is 0.145 e. The molecule has 2 heterocycles. The van der Waals surface area contributed by atoms with Gasteiger partial charge in [-0.2, -0.15) is 0 Å². The number of anilines is 2. The maximum atomic E-state index is 4.78. The summed E-state index contributed by atoms with van der Waals surface area (Å²) in [6, 6.07) is 49.7. The van der Waals surface area contributed by atoms with Crippen molar-refractivity contribution >= 4 is 54.8 Å². The molecule has 0 fully saturated rings. The molecule has 0 N–H and O–H groups in total. The van der Waals surface area contributed by atoms with Crippen molar-refractivity contribution in [3.8, 4) is 16.8 Å². The third-order valence-electron chi connectivity index (χ3n) is 8.62. The molecular weight excluding hydrogens is 614 g/mol. The van der Waals surface area contributed by atoms with Crippen molar-refractivity contribution < 1.29 is 0 Å². The number of aromatic nitrogens is 2. The van der Waals surface area contributed by atoms with E-state index in [0.717, 1.165) is 38.8 Å². The normalized spacial score (nSPS) is 14.5. The van der Waals surface area contributed by atoms with E-state index in [1.165, 1.54) is 33.3 Å². The molecule has 0 radical (unpaired) electrons. The van der Waals surface area contributed by atoms with E-state index in [1.54, 1.807) is 0 Å². The molecule has 2 aromatic heterocycles. The van der Waals surface area contributed by atoms with Crippen LogP contribution in [0.4, 0.5) is 11.4 Å². The highest BCUT2D eigenvalue weighted by Crippen LogP contribution is 2.37. The van der Waals surface area contributed by atoms with Crippen LogP contribution in [0.15, 0.2) is 168 Å². The average Bonchev–Trinajstić information content (AvgIpc) is 3.44. The molecule has 7 aromatic rings. The second-order valence-corrected chi connectivity index (χ2v) is 12.3. The molecule has 0 saturated heterocycles. The maximum Gasteiger partial charge on any atom is 0.145 e. The molecule has 1 aliphatic carbocycles. The van der Waals surface area contributed by atoms with Crippen LogP contribution in [-0.4, -0.2) is 15.6 Å². The molecule has 216 valence electrons. The number of halogens is 1. The molecule has 45 heavy (non-hydrogen) atoms. The minimum Gasteiger partial charge on any atom is -0.334 e. The van der Waals surface area contributed by atoms with Crippen LogP contribution in [-0.2, 0) is 0 Å². The Balaban J connectivity index is 1.13. The lowest BCUT2D eigenvalue weighted by Crippen LogP contribution is -2.30. The number of rotatable bonds is 6. The Bertz CT molecular complexity index is 2200. The Morgan fingerprint density at radius 1 is 0.644 bits per heavy atom. The fourth-order valence-electron chi connectivity index (χ4n) is 6.48. The largest absolute Gasteiger partial charge is 0.334 e. The summed E-state index contributed by atoms with van der Waals surface area (Å²) in [5.74, 6) is 0. The van der Waals surface area contributed by atoms with E-state index < -0.39 is 0 Å². The maximum absolute atomic E-state index is 4.78. The van der Waals surface area contributed by atoms with E-state index in [4.69, 9.17) is 4.98 Å². The predicted molar refractivity (Wildman–Crippen MR) is 192 cm³/mol. The van der Waals surface area contributed by atoms with Crippen LogP contribution in [0, 0.1) is 0 Å². The molecule has 1 unspecified atom stereocenters. The van der Waals surface area contributed by atoms with Crippen molar-refractivity contribution in [1.29, 1.82) is 0 Å². The lowest BCUT2D eigenvalue weighted by atomic mass is 9.94. The number of allylic oxidation sites excluding steroid dienone is 2. The van der Waals surface area contributed by atoms with Gasteiger partial charge in [0.1, 0.15) is 5.65 Å². The molecule has 0 amide bonds. The Hall–Kier alpha value is -5.19. The summed E-state index contributed by atoms with van der Waals surface area (Å²) in [6.45, 7) is 0. The summed E-state index contributed by atoms with van der Waals surface area (Å²) in [7, 11) is 0. The molecule has 0 bridgehead atoms. The van der Waals surface area contributed by atoms with Gasteiger partial charge in [0.05, 0.1) is 11.6 Å². The lowest BCUT2D eigenvalue weighted by Gasteiger charge is -2.33. The molecule has 1 aliphatic rings. The molecule has 8 rings (SSSR count). The Labute approximate surface area is 271 Å². The molecule has 1 atom stereocenters. The minimum atomic E-state index is 0.179. The highest BCUT2D eigenvalue weighted by Gasteiger charge is 2.22. The van der Waals surface area contributed by atoms with Crippen LogP contribution in [0.1, 0.15) is 12.0 Å². The number of hydrogen-bond acceptors (Lipinski definition) is 2. The molecule has 3 nitrogen and oxygen atoms in total. The molecule has 0 saturated carbocycles. The Morgan fingerprint density at radius 2 is 1.40 bits per heavy atom. The van der Waals surface area contributed by atoms with Crippen LogP contribution < -0.4 is 4.90 Å². The molecule has 0 spiro atoms. The summed E-state index contributed by atoms with van der Waals surface area (Å²) in [5, 5.41) is 2.38. The van der Waals surface area contributed by atoms with E-state index in [9.17, 15) is 0 Å². The second-order valence-electron chi connectivity index (χ2n) is 11.4. The fraction of sp³-hybridized carbons (Fsp3) is 0.0488. The zero-order valence-corrected chi connectivity index (χ0v) is 26.2. The topological polar surface area (TPSA) is 21.1 Å². The zero-order chi connectivity index (χ0) is 30.2. The number of hydrogen-bond donors (Lipinski definition) is 0. The molecule has 5 aromatic carbocycles. The van der Waals surface area contributed by atoms with Crippen molar-refractivity contribution in [2.45, 2.75) is 12.5 Å². The molecule has 0 aliphatic heterocycles. The summed E-state index contributed by atoms with van der Waals surface area (Å²) in [5.41, 5.74) is 10.5. The van der Waals surface area contributed by atoms with Crippen molar-refractivity contribution in [3.63, 3.8) is 0 Å². The second kappa shape index (κ2) is 11.7. The van der Waals surface area contributed by atoms with Crippen molar-refractivity contribution in [3.05, 3.63) is 174 Å². The highest BCUT2D eigenvalue weighted by molar-refractivity contribution is 9.10. The van der Waals surface area contributed by atoms with Gasteiger partial charge in [-0.25, -0.2) is 4.98 Å². The summed E-state index contributed by atoms with van der Waals surface area (Å²) in [4.78, 5) is 7.21. The van der Waals surface area contributed by atoms with E-state index >= 15 is 0 Å². The first kappa shape index (κ1) is 27.4. The zero-order valence-electron chi connectivity index (χ0n) is 24.6. The highest BCUT2D eigenvalue weighted by atomic mass is 79.9. The first-order valence-electron chi connectivity index (χ1n) is 15.3. The van der Waals surface area contributed by atoms with Gasteiger partial charge in [0, 0.05) is 38.5 Å². The monoisotopic (exact) mass is 643 g/mol. The number of fused-ring (bicyclic) bond motifs is 3. The quantitative estimate of drug-likeness (QED) is 0.180. The van der Waals surface area contributed by atoms with E-state index in [1.807, 2.05) is 12.3 Å². The molecule has 4 heteroatoms. The van der Waals surface area contributed by atoms with E-state index in [-0.39, 0.29) is 6.04 Å². The van der Waals surface area contributed by atoms with E-state index in [0.29, 0.717) is 0 Å².